The lowest BCUT2D eigenvalue weighted by atomic mass is 9.94. The van der Waals surface area contributed by atoms with E-state index in [0.29, 0.717) is 42.6 Å². The molecule has 0 spiro atoms. The van der Waals surface area contributed by atoms with Gasteiger partial charge in [-0.25, -0.2) is 23.1 Å². The van der Waals surface area contributed by atoms with E-state index in [-0.39, 0.29) is 33.7 Å². The fourth-order valence-corrected chi connectivity index (χ4v) is 6.42. The van der Waals surface area contributed by atoms with Crippen LogP contribution in [-0.4, -0.2) is 75.9 Å². The minimum Gasteiger partial charge on any atom is -0.508 e. The molecule has 3 aliphatic rings. The van der Waals surface area contributed by atoms with Crippen LogP contribution in [0.3, 0.4) is 0 Å². The number of nitrogens with one attached hydrogen (secondary N) is 1. The summed E-state index contributed by atoms with van der Waals surface area (Å²) in [5.41, 5.74) is -0.532. The second-order valence-electron chi connectivity index (χ2n) is 10.8. The molecule has 2 N–H and O–H groups in total. The van der Waals surface area contributed by atoms with Gasteiger partial charge >= 0.3 is 0 Å². The van der Waals surface area contributed by atoms with Gasteiger partial charge in [0.05, 0.1) is 10.9 Å². The van der Waals surface area contributed by atoms with Crippen molar-refractivity contribution in [1.82, 2.24) is 25.2 Å². The van der Waals surface area contributed by atoms with Gasteiger partial charge in [0.2, 0.25) is 5.82 Å². The number of aromatic nitrogens is 3. The van der Waals surface area contributed by atoms with E-state index in [1.165, 1.54) is 30.5 Å². The zero-order valence-corrected chi connectivity index (χ0v) is 21.7. The maximum atomic E-state index is 16.4. The lowest BCUT2D eigenvalue weighted by Crippen LogP contribution is -2.44. The van der Waals surface area contributed by atoms with Crippen LogP contribution in [0.2, 0.25) is 0 Å². The molecule has 0 bridgehead atoms. The lowest BCUT2D eigenvalue weighted by molar-refractivity contribution is 0.255. The van der Waals surface area contributed by atoms with Crippen LogP contribution in [-0.2, 0) is 0 Å². The second kappa shape index (κ2) is 9.61. The van der Waals surface area contributed by atoms with Crippen LogP contribution in [0.4, 0.5) is 19.0 Å². The van der Waals surface area contributed by atoms with Crippen molar-refractivity contribution in [2.24, 2.45) is 0 Å². The quantitative estimate of drug-likeness (QED) is 0.367. The molecule has 3 aliphatic heterocycles. The molecule has 0 amide bonds. The Morgan fingerprint density at radius 1 is 1.10 bits per heavy atom. The van der Waals surface area contributed by atoms with Crippen LogP contribution in [0, 0.1) is 23.5 Å². The van der Waals surface area contributed by atoms with Crippen LogP contribution >= 0.6 is 0 Å². The molecule has 7 nitrogen and oxygen atoms in total. The average Bonchev–Trinajstić information content (AvgIpc) is 3.47. The summed E-state index contributed by atoms with van der Waals surface area (Å²) < 4.78 is 45.6. The second-order valence-corrected chi connectivity index (χ2v) is 10.8. The summed E-state index contributed by atoms with van der Waals surface area (Å²) in [6.45, 7) is 3.98. The zero-order valence-electron chi connectivity index (χ0n) is 21.7. The van der Waals surface area contributed by atoms with E-state index in [4.69, 9.17) is 4.98 Å². The van der Waals surface area contributed by atoms with E-state index in [0.717, 1.165) is 32.5 Å². The Kier molecular flexibility index (Phi) is 6.02. The standard InChI is InChI=1S/C30H27F3N6O/c31-19-15-30(6-2-10-39(30)17-19)7-5-24-36-28-22(29(37-24)38-11-8-34-9-12-38)16-35-27(26(28)33)21-14-20(40)13-18-3-1-4-23(32)25(18)21/h1,3-4,13-14,16,19,34,40H,2,6,8-12,15,17H2/t19-,30-/m1/s1. The Labute approximate surface area is 229 Å². The number of benzene rings is 2. The van der Waals surface area contributed by atoms with Crippen molar-refractivity contribution in [1.29, 1.82) is 0 Å². The molecule has 10 heteroatoms. The number of anilines is 1. The van der Waals surface area contributed by atoms with E-state index in [9.17, 15) is 13.9 Å². The molecule has 2 aromatic carbocycles. The van der Waals surface area contributed by atoms with Gasteiger partial charge in [0, 0.05) is 56.3 Å². The number of hydrogen-bond donors (Lipinski definition) is 2. The zero-order chi connectivity index (χ0) is 27.4. The highest BCUT2D eigenvalue weighted by Crippen LogP contribution is 2.40. The Hall–Kier alpha value is -3.94. The first-order valence-corrected chi connectivity index (χ1v) is 13.6. The summed E-state index contributed by atoms with van der Waals surface area (Å²) in [5, 5.41) is 14.6. The Balaban J connectivity index is 1.42. The van der Waals surface area contributed by atoms with Crippen LogP contribution in [0.1, 0.15) is 25.1 Å². The molecule has 7 rings (SSSR count). The molecular formula is C30H27F3N6O. The topological polar surface area (TPSA) is 77.4 Å². The summed E-state index contributed by atoms with van der Waals surface area (Å²) in [6, 6.07) is 7.20. The number of rotatable bonds is 2. The first-order chi connectivity index (χ1) is 19.4. The van der Waals surface area contributed by atoms with Crippen LogP contribution < -0.4 is 10.2 Å². The Morgan fingerprint density at radius 2 is 1.95 bits per heavy atom. The van der Waals surface area contributed by atoms with Crippen molar-refractivity contribution in [2.75, 3.05) is 44.2 Å². The molecule has 0 aliphatic carbocycles. The molecule has 0 saturated carbocycles. The third-order valence-electron chi connectivity index (χ3n) is 8.25. The molecule has 2 atom stereocenters. The van der Waals surface area contributed by atoms with E-state index in [2.05, 4.69) is 32.0 Å². The predicted molar refractivity (Wildman–Crippen MR) is 147 cm³/mol. The van der Waals surface area contributed by atoms with E-state index < -0.39 is 23.3 Å². The van der Waals surface area contributed by atoms with Crippen LogP contribution in [0.5, 0.6) is 5.75 Å². The molecule has 5 heterocycles. The number of hydrogen-bond acceptors (Lipinski definition) is 7. The molecule has 2 aromatic heterocycles. The number of aromatic hydroxyl groups is 1. The van der Waals surface area contributed by atoms with Crippen LogP contribution in [0.15, 0.2) is 36.5 Å². The van der Waals surface area contributed by atoms with Gasteiger partial charge in [-0.05, 0) is 48.9 Å². The summed E-state index contributed by atoms with van der Waals surface area (Å²) in [7, 11) is 0. The molecular weight excluding hydrogens is 517 g/mol. The first kappa shape index (κ1) is 25.1. The fraction of sp³-hybridized carbons (Fsp3) is 0.367. The van der Waals surface area contributed by atoms with Crippen molar-refractivity contribution in [3.8, 4) is 28.8 Å². The highest BCUT2D eigenvalue weighted by molar-refractivity contribution is 6.00. The minimum absolute atomic E-state index is 0.0150. The molecule has 0 unspecified atom stereocenters. The first-order valence-electron chi connectivity index (χ1n) is 13.6. The number of nitrogens with zero attached hydrogens (tertiary/aromatic N) is 5. The third-order valence-corrected chi connectivity index (χ3v) is 8.25. The number of fused-ring (bicyclic) bond motifs is 3. The van der Waals surface area contributed by atoms with Crippen LogP contribution in [0.25, 0.3) is 32.9 Å². The number of phenolic OH excluding ortho intramolecular Hbond substituents is 1. The minimum atomic E-state index is -0.924. The highest BCUT2D eigenvalue weighted by Gasteiger charge is 2.47. The fourth-order valence-electron chi connectivity index (χ4n) is 6.42. The van der Waals surface area contributed by atoms with E-state index >= 15 is 4.39 Å². The Bertz CT molecular complexity index is 1710. The Morgan fingerprint density at radius 3 is 2.80 bits per heavy atom. The number of halogens is 3. The van der Waals surface area contributed by atoms with Gasteiger partial charge in [0.25, 0.3) is 0 Å². The lowest BCUT2D eigenvalue weighted by Gasteiger charge is -2.29. The summed E-state index contributed by atoms with van der Waals surface area (Å²) in [6.07, 6.45) is 2.64. The number of pyridine rings is 1. The predicted octanol–water partition coefficient (Wildman–Crippen LogP) is 4.17. The highest BCUT2D eigenvalue weighted by atomic mass is 19.1. The van der Waals surface area contributed by atoms with Crippen molar-refractivity contribution in [2.45, 2.75) is 31.0 Å². The smallest absolute Gasteiger partial charge is 0.207 e. The number of phenols is 1. The van der Waals surface area contributed by atoms with Crippen molar-refractivity contribution in [3.63, 3.8) is 0 Å². The van der Waals surface area contributed by atoms with Gasteiger partial charge in [-0.3, -0.25) is 9.88 Å². The maximum Gasteiger partial charge on any atom is 0.207 e. The number of alkyl halides is 1. The van der Waals surface area contributed by atoms with Gasteiger partial charge in [-0.2, -0.15) is 0 Å². The maximum absolute atomic E-state index is 16.4. The van der Waals surface area contributed by atoms with Gasteiger partial charge in [-0.15, -0.1) is 0 Å². The van der Waals surface area contributed by atoms with Gasteiger partial charge in [0.1, 0.15) is 34.8 Å². The molecule has 0 radical (unpaired) electrons. The van der Waals surface area contributed by atoms with E-state index in [1.54, 1.807) is 6.07 Å². The molecule has 3 fully saturated rings. The van der Waals surface area contributed by atoms with E-state index in [1.807, 2.05) is 4.90 Å². The molecule has 40 heavy (non-hydrogen) atoms. The molecule has 3 saturated heterocycles. The van der Waals surface area contributed by atoms with Gasteiger partial charge < -0.3 is 15.3 Å². The molecule has 204 valence electrons. The summed E-state index contributed by atoms with van der Waals surface area (Å²) in [4.78, 5) is 17.8. The van der Waals surface area contributed by atoms with Gasteiger partial charge in [-0.1, -0.05) is 18.1 Å². The van der Waals surface area contributed by atoms with Crippen molar-refractivity contribution >= 4 is 27.5 Å². The van der Waals surface area contributed by atoms with Gasteiger partial charge in [0.15, 0.2) is 5.82 Å². The van der Waals surface area contributed by atoms with Crippen molar-refractivity contribution < 1.29 is 18.3 Å². The largest absolute Gasteiger partial charge is 0.508 e. The SMILES string of the molecule is Oc1cc(-c2ncc3c(N4CCNCC4)nc(C#C[C@@]45CCCN4C[C@H](F)C5)nc3c2F)c2c(F)cccc2c1. The summed E-state index contributed by atoms with van der Waals surface area (Å²) >= 11 is 0. The van der Waals surface area contributed by atoms with Crippen molar-refractivity contribution in [3.05, 3.63) is 54.0 Å². The molecule has 4 aromatic rings. The monoisotopic (exact) mass is 544 g/mol. The third kappa shape index (κ3) is 4.12. The normalized spacial score (nSPS) is 23.0. The number of piperazine rings is 1. The summed E-state index contributed by atoms with van der Waals surface area (Å²) in [5.74, 6) is 5.57. The average molecular weight is 545 g/mol.